The monoisotopic (exact) mass is 421 g/mol. The smallest absolute Gasteiger partial charge is 0.293 e. The summed E-state index contributed by atoms with van der Waals surface area (Å²) in [7, 11) is 1.73. The number of benzene rings is 1. The SMILES string of the molecule is CCCCOc1ccc(C(=O)N2CCN(c3nc4ccncc4n(C)c3=O)CC2)cc1. The summed E-state index contributed by atoms with van der Waals surface area (Å²) in [5.41, 5.74) is 1.92. The lowest BCUT2D eigenvalue weighted by Crippen LogP contribution is -2.50. The molecule has 4 rings (SSSR count). The molecule has 0 atom stereocenters. The summed E-state index contributed by atoms with van der Waals surface area (Å²) in [4.78, 5) is 38.1. The van der Waals surface area contributed by atoms with Crippen LogP contribution in [0.15, 0.2) is 47.5 Å². The molecule has 31 heavy (non-hydrogen) atoms. The molecule has 0 radical (unpaired) electrons. The Labute approximate surface area is 181 Å². The fourth-order valence-corrected chi connectivity index (χ4v) is 3.69. The lowest BCUT2D eigenvalue weighted by atomic mass is 10.1. The van der Waals surface area contributed by atoms with Crippen LogP contribution in [0.3, 0.4) is 0 Å². The van der Waals surface area contributed by atoms with E-state index in [1.54, 1.807) is 30.1 Å². The molecule has 1 saturated heterocycles. The Morgan fingerprint density at radius 1 is 1.10 bits per heavy atom. The molecular formula is C23H27N5O3. The molecule has 1 aromatic carbocycles. The second-order valence-electron chi connectivity index (χ2n) is 7.67. The van der Waals surface area contributed by atoms with Crippen molar-refractivity contribution < 1.29 is 9.53 Å². The minimum atomic E-state index is -0.154. The third kappa shape index (κ3) is 4.38. The number of hydrogen-bond donors (Lipinski definition) is 0. The standard InChI is InChI=1S/C23H27N5O3/c1-3-4-15-31-18-7-5-17(6-8-18)22(29)28-13-11-27(12-14-28)21-23(30)26(2)20-16-24-10-9-19(20)25-21/h5-10,16H,3-4,11-15H2,1-2H3. The Hall–Kier alpha value is -3.42. The molecule has 8 heteroatoms. The number of anilines is 1. The molecule has 1 aliphatic rings. The fraction of sp³-hybridized carbons (Fsp3) is 0.391. The van der Waals surface area contributed by atoms with Crippen molar-refractivity contribution in [2.75, 3.05) is 37.7 Å². The van der Waals surface area contributed by atoms with Crippen LogP contribution in [0.2, 0.25) is 0 Å². The number of pyridine rings is 1. The van der Waals surface area contributed by atoms with Gasteiger partial charge in [-0.25, -0.2) is 4.98 Å². The van der Waals surface area contributed by atoms with Crippen molar-refractivity contribution in [2.45, 2.75) is 19.8 Å². The van der Waals surface area contributed by atoms with Gasteiger partial charge in [-0.05, 0) is 36.8 Å². The molecule has 0 saturated carbocycles. The Morgan fingerprint density at radius 2 is 1.84 bits per heavy atom. The van der Waals surface area contributed by atoms with Gasteiger partial charge < -0.3 is 19.1 Å². The maximum Gasteiger partial charge on any atom is 0.293 e. The maximum atomic E-state index is 12.9. The summed E-state index contributed by atoms with van der Waals surface area (Å²) >= 11 is 0. The normalized spacial score (nSPS) is 14.1. The first-order valence-corrected chi connectivity index (χ1v) is 10.7. The van der Waals surface area contributed by atoms with Crippen molar-refractivity contribution in [1.29, 1.82) is 0 Å². The molecule has 0 bridgehead atoms. The van der Waals surface area contributed by atoms with E-state index >= 15 is 0 Å². The second kappa shape index (κ2) is 9.16. The largest absolute Gasteiger partial charge is 0.494 e. The number of unbranched alkanes of at least 4 members (excludes halogenated alkanes) is 1. The van der Waals surface area contributed by atoms with E-state index in [2.05, 4.69) is 16.9 Å². The number of aromatic nitrogens is 3. The Morgan fingerprint density at radius 3 is 2.55 bits per heavy atom. The summed E-state index contributed by atoms with van der Waals surface area (Å²) in [5, 5.41) is 0. The van der Waals surface area contributed by atoms with Crippen molar-refractivity contribution in [1.82, 2.24) is 19.4 Å². The van der Waals surface area contributed by atoms with Crippen molar-refractivity contribution in [2.24, 2.45) is 7.05 Å². The molecule has 162 valence electrons. The van der Waals surface area contributed by atoms with E-state index in [0.29, 0.717) is 49.7 Å². The van der Waals surface area contributed by atoms with Crippen LogP contribution in [-0.2, 0) is 7.05 Å². The predicted octanol–water partition coefficient (Wildman–Crippen LogP) is 2.47. The first kappa shape index (κ1) is 20.8. The van der Waals surface area contributed by atoms with Gasteiger partial charge in [-0.15, -0.1) is 0 Å². The summed E-state index contributed by atoms with van der Waals surface area (Å²) in [5.74, 6) is 1.19. The van der Waals surface area contributed by atoms with Crippen LogP contribution in [0.4, 0.5) is 5.82 Å². The van der Waals surface area contributed by atoms with E-state index in [4.69, 9.17) is 4.74 Å². The van der Waals surface area contributed by atoms with E-state index < -0.39 is 0 Å². The summed E-state index contributed by atoms with van der Waals surface area (Å²) in [6, 6.07) is 9.11. The molecule has 1 fully saturated rings. The van der Waals surface area contributed by atoms with E-state index in [1.165, 1.54) is 0 Å². The van der Waals surface area contributed by atoms with Crippen LogP contribution in [0.5, 0.6) is 5.75 Å². The minimum Gasteiger partial charge on any atom is -0.494 e. The van der Waals surface area contributed by atoms with E-state index in [0.717, 1.165) is 24.1 Å². The summed E-state index contributed by atoms with van der Waals surface area (Å²) in [6.45, 7) is 4.99. The maximum absolute atomic E-state index is 12.9. The highest BCUT2D eigenvalue weighted by molar-refractivity contribution is 5.94. The van der Waals surface area contributed by atoms with Gasteiger partial charge in [-0.3, -0.25) is 14.6 Å². The number of hydrogen-bond acceptors (Lipinski definition) is 6. The highest BCUT2D eigenvalue weighted by atomic mass is 16.5. The number of rotatable bonds is 6. The van der Waals surface area contributed by atoms with Crippen LogP contribution in [0, 0.1) is 0 Å². The molecule has 3 aromatic rings. The molecule has 1 aliphatic heterocycles. The summed E-state index contributed by atoms with van der Waals surface area (Å²) in [6.07, 6.45) is 5.40. The molecule has 0 spiro atoms. The fourth-order valence-electron chi connectivity index (χ4n) is 3.69. The highest BCUT2D eigenvalue weighted by Crippen LogP contribution is 2.18. The third-order valence-electron chi connectivity index (χ3n) is 5.60. The second-order valence-corrected chi connectivity index (χ2v) is 7.67. The molecule has 2 aromatic heterocycles. The van der Waals surface area contributed by atoms with Gasteiger partial charge in [0.25, 0.3) is 11.5 Å². The highest BCUT2D eigenvalue weighted by Gasteiger charge is 2.25. The Bertz CT molecular complexity index is 1120. The van der Waals surface area contributed by atoms with E-state index in [9.17, 15) is 9.59 Å². The number of fused-ring (bicyclic) bond motifs is 1. The Balaban J connectivity index is 1.42. The van der Waals surface area contributed by atoms with Gasteiger partial charge in [0.1, 0.15) is 5.75 Å². The molecule has 1 amide bonds. The number of amides is 1. The number of ether oxygens (including phenoxy) is 1. The summed E-state index contributed by atoms with van der Waals surface area (Å²) < 4.78 is 7.24. The van der Waals surface area contributed by atoms with Crippen LogP contribution < -0.4 is 15.2 Å². The lowest BCUT2D eigenvalue weighted by molar-refractivity contribution is 0.0746. The van der Waals surface area contributed by atoms with Gasteiger partial charge >= 0.3 is 0 Å². The van der Waals surface area contributed by atoms with Gasteiger partial charge in [0.2, 0.25) is 0 Å². The van der Waals surface area contributed by atoms with Crippen LogP contribution in [0.25, 0.3) is 11.0 Å². The Kier molecular flexibility index (Phi) is 6.16. The molecule has 0 aliphatic carbocycles. The zero-order valence-corrected chi connectivity index (χ0v) is 18.0. The van der Waals surface area contributed by atoms with Crippen LogP contribution >= 0.6 is 0 Å². The molecule has 8 nitrogen and oxygen atoms in total. The third-order valence-corrected chi connectivity index (χ3v) is 5.60. The van der Waals surface area contributed by atoms with Gasteiger partial charge in [-0.1, -0.05) is 13.3 Å². The van der Waals surface area contributed by atoms with Crippen molar-refractivity contribution in [3.8, 4) is 5.75 Å². The first-order chi connectivity index (χ1) is 15.1. The van der Waals surface area contributed by atoms with Crippen molar-refractivity contribution in [3.05, 3.63) is 58.6 Å². The quantitative estimate of drug-likeness (QED) is 0.569. The van der Waals surface area contributed by atoms with Gasteiger partial charge in [0, 0.05) is 45.0 Å². The molecule has 0 unspecified atom stereocenters. The number of piperazine rings is 1. The first-order valence-electron chi connectivity index (χ1n) is 10.7. The molecular weight excluding hydrogens is 394 g/mol. The molecule has 3 heterocycles. The van der Waals surface area contributed by atoms with Crippen LogP contribution in [-0.4, -0.2) is 58.1 Å². The lowest BCUT2D eigenvalue weighted by Gasteiger charge is -2.35. The number of carbonyl (C=O) groups excluding carboxylic acids is 1. The zero-order valence-electron chi connectivity index (χ0n) is 18.0. The van der Waals surface area contributed by atoms with Gasteiger partial charge in [0.15, 0.2) is 5.82 Å². The van der Waals surface area contributed by atoms with Gasteiger partial charge in [0.05, 0.1) is 23.8 Å². The van der Waals surface area contributed by atoms with Crippen molar-refractivity contribution in [3.63, 3.8) is 0 Å². The topological polar surface area (TPSA) is 80.6 Å². The average Bonchev–Trinajstić information content (AvgIpc) is 2.82. The predicted molar refractivity (Wildman–Crippen MR) is 120 cm³/mol. The average molecular weight is 422 g/mol. The number of nitrogens with zero attached hydrogens (tertiary/aromatic N) is 5. The minimum absolute atomic E-state index is 0.00907. The van der Waals surface area contributed by atoms with E-state index in [-0.39, 0.29) is 11.5 Å². The van der Waals surface area contributed by atoms with Gasteiger partial charge in [-0.2, -0.15) is 0 Å². The van der Waals surface area contributed by atoms with Crippen LogP contribution in [0.1, 0.15) is 30.1 Å². The number of carbonyl (C=O) groups is 1. The van der Waals surface area contributed by atoms with Crippen molar-refractivity contribution >= 4 is 22.8 Å². The number of aryl methyl sites for hydroxylation is 1. The van der Waals surface area contributed by atoms with E-state index in [1.807, 2.05) is 34.1 Å². The molecule has 0 N–H and O–H groups in total. The zero-order chi connectivity index (χ0) is 21.8.